The van der Waals surface area contributed by atoms with Gasteiger partial charge in [-0.05, 0) is 37.4 Å². The molecule has 5 nitrogen and oxygen atoms in total. The number of furan rings is 1. The minimum absolute atomic E-state index is 0.647. The molecule has 1 fully saturated rings. The quantitative estimate of drug-likeness (QED) is 0.910. The van der Waals surface area contributed by atoms with Crippen molar-refractivity contribution in [3.63, 3.8) is 0 Å². The Morgan fingerprint density at radius 2 is 2.16 bits per heavy atom. The van der Waals surface area contributed by atoms with Crippen LogP contribution in [0.25, 0.3) is 11.3 Å². The number of hydrogen-bond donors (Lipinski definition) is 1. The third-order valence-electron chi connectivity index (χ3n) is 3.69. The largest absolute Gasteiger partial charge is 0.472 e. The summed E-state index contributed by atoms with van der Waals surface area (Å²) in [6.07, 6.45) is 7.40. The maximum absolute atomic E-state index is 5.72. The molecule has 1 aliphatic heterocycles. The molecule has 2 N–H and O–H groups in total. The lowest BCUT2D eigenvalue weighted by Gasteiger charge is -2.31. The molecule has 0 atom stereocenters. The Morgan fingerprint density at radius 3 is 2.84 bits per heavy atom. The lowest BCUT2D eigenvalue weighted by atomic mass is 9.97. The standard InChI is InChI=1S/C14H18N4O/c15-9-11-2-6-18(7-3-11)14-16-5-1-13(17-14)12-4-8-19-10-12/h1,4-5,8,10-11H,2-3,6-7,9,15H2. The van der Waals surface area contributed by atoms with Crippen LogP contribution in [0.15, 0.2) is 35.3 Å². The molecule has 1 saturated heterocycles. The average Bonchev–Trinajstić information content (AvgIpc) is 3.02. The van der Waals surface area contributed by atoms with Crippen LogP contribution < -0.4 is 10.6 Å². The molecule has 2 aromatic rings. The van der Waals surface area contributed by atoms with Gasteiger partial charge in [0, 0.05) is 24.8 Å². The summed E-state index contributed by atoms with van der Waals surface area (Å²) in [7, 11) is 0. The fraction of sp³-hybridized carbons (Fsp3) is 0.429. The van der Waals surface area contributed by atoms with Crippen molar-refractivity contribution in [2.24, 2.45) is 11.7 Å². The highest BCUT2D eigenvalue weighted by molar-refractivity contribution is 5.58. The van der Waals surface area contributed by atoms with Gasteiger partial charge >= 0.3 is 0 Å². The SMILES string of the molecule is NCC1CCN(c2nccc(-c3ccoc3)n2)CC1. The minimum atomic E-state index is 0.647. The van der Waals surface area contributed by atoms with E-state index < -0.39 is 0 Å². The fourth-order valence-electron chi connectivity index (χ4n) is 2.44. The molecule has 2 aromatic heterocycles. The van der Waals surface area contributed by atoms with Gasteiger partial charge in [0.1, 0.15) is 0 Å². The molecule has 3 rings (SSSR count). The fourth-order valence-corrected chi connectivity index (χ4v) is 2.44. The highest BCUT2D eigenvalue weighted by Crippen LogP contribution is 2.22. The van der Waals surface area contributed by atoms with Gasteiger partial charge in [-0.1, -0.05) is 0 Å². The first-order valence-corrected chi connectivity index (χ1v) is 6.67. The number of piperidine rings is 1. The Hall–Kier alpha value is -1.88. The van der Waals surface area contributed by atoms with Gasteiger partial charge in [-0.25, -0.2) is 9.97 Å². The van der Waals surface area contributed by atoms with E-state index in [1.54, 1.807) is 18.7 Å². The first kappa shape index (κ1) is 12.2. The highest BCUT2D eigenvalue weighted by Gasteiger charge is 2.20. The van der Waals surface area contributed by atoms with Crippen molar-refractivity contribution < 1.29 is 4.42 Å². The van der Waals surface area contributed by atoms with Crippen LogP contribution in [0.5, 0.6) is 0 Å². The topological polar surface area (TPSA) is 68.2 Å². The van der Waals surface area contributed by atoms with Crippen LogP contribution in [0, 0.1) is 5.92 Å². The van der Waals surface area contributed by atoms with Crippen molar-refractivity contribution >= 4 is 5.95 Å². The van der Waals surface area contributed by atoms with Crippen molar-refractivity contribution in [2.75, 3.05) is 24.5 Å². The van der Waals surface area contributed by atoms with Gasteiger partial charge in [0.25, 0.3) is 0 Å². The number of rotatable bonds is 3. The van der Waals surface area contributed by atoms with Gasteiger partial charge in [-0.2, -0.15) is 0 Å². The van der Waals surface area contributed by atoms with E-state index in [9.17, 15) is 0 Å². The molecule has 0 saturated carbocycles. The van der Waals surface area contributed by atoms with E-state index in [1.165, 1.54) is 0 Å². The molecule has 0 aromatic carbocycles. The summed E-state index contributed by atoms with van der Waals surface area (Å²) in [5.74, 6) is 1.45. The van der Waals surface area contributed by atoms with Crippen LogP contribution >= 0.6 is 0 Å². The van der Waals surface area contributed by atoms with Crippen molar-refractivity contribution in [1.29, 1.82) is 0 Å². The monoisotopic (exact) mass is 258 g/mol. The van der Waals surface area contributed by atoms with E-state index in [-0.39, 0.29) is 0 Å². The number of anilines is 1. The Labute approximate surface area is 112 Å². The van der Waals surface area contributed by atoms with Gasteiger partial charge in [-0.3, -0.25) is 0 Å². The van der Waals surface area contributed by atoms with Crippen molar-refractivity contribution in [2.45, 2.75) is 12.8 Å². The lowest BCUT2D eigenvalue weighted by molar-refractivity contribution is 0.411. The Kier molecular flexibility index (Phi) is 3.46. The lowest BCUT2D eigenvalue weighted by Crippen LogP contribution is -2.37. The molecule has 0 bridgehead atoms. The maximum Gasteiger partial charge on any atom is 0.225 e. The summed E-state index contributed by atoms with van der Waals surface area (Å²) in [6, 6.07) is 3.81. The second kappa shape index (κ2) is 5.40. The number of nitrogens with two attached hydrogens (primary N) is 1. The van der Waals surface area contributed by atoms with Crippen molar-refractivity contribution in [3.8, 4) is 11.3 Å². The maximum atomic E-state index is 5.72. The Morgan fingerprint density at radius 1 is 1.32 bits per heavy atom. The van der Waals surface area contributed by atoms with Gasteiger partial charge in [0.05, 0.1) is 18.2 Å². The molecule has 0 spiro atoms. The molecule has 5 heteroatoms. The molecule has 0 radical (unpaired) electrons. The van der Waals surface area contributed by atoms with E-state index in [0.717, 1.165) is 49.7 Å². The average molecular weight is 258 g/mol. The third kappa shape index (κ3) is 2.61. The molecule has 100 valence electrons. The summed E-state index contributed by atoms with van der Waals surface area (Å²) in [5.41, 5.74) is 7.60. The number of nitrogens with zero attached hydrogens (tertiary/aromatic N) is 3. The van der Waals surface area contributed by atoms with Crippen LogP contribution in [-0.2, 0) is 0 Å². The molecule has 0 amide bonds. The second-order valence-electron chi connectivity index (χ2n) is 4.92. The first-order chi connectivity index (χ1) is 9.36. The molecule has 0 unspecified atom stereocenters. The number of hydrogen-bond acceptors (Lipinski definition) is 5. The molecular formula is C14H18N4O. The first-order valence-electron chi connectivity index (χ1n) is 6.67. The van der Waals surface area contributed by atoms with Gasteiger partial charge in [-0.15, -0.1) is 0 Å². The van der Waals surface area contributed by atoms with Gasteiger partial charge in [0.2, 0.25) is 5.95 Å². The summed E-state index contributed by atoms with van der Waals surface area (Å²) < 4.78 is 5.09. The normalized spacial score (nSPS) is 16.8. The van der Waals surface area contributed by atoms with E-state index in [1.807, 2.05) is 12.1 Å². The smallest absolute Gasteiger partial charge is 0.225 e. The van der Waals surface area contributed by atoms with Crippen LogP contribution in [-0.4, -0.2) is 29.6 Å². The van der Waals surface area contributed by atoms with Crippen LogP contribution in [0.3, 0.4) is 0 Å². The second-order valence-corrected chi connectivity index (χ2v) is 4.92. The van der Waals surface area contributed by atoms with Crippen LogP contribution in [0.4, 0.5) is 5.95 Å². The summed E-state index contributed by atoms with van der Waals surface area (Å²) in [5, 5.41) is 0. The Bertz CT molecular complexity index is 518. The van der Waals surface area contributed by atoms with Crippen LogP contribution in [0.2, 0.25) is 0 Å². The van der Waals surface area contributed by atoms with E-state index in [2.05, 4.69) is 14.9 Å². The summed E-state index contributed by atoms with van der Waals surface area (Å²) in [6.45, 7) is 2.75. The van der Waals surface area contributed by atoms with Crippen molar-refractivity contribution in [1.82, 2.24) is 9.97 Å². The Balaban J connectivity index is 1.77. The van der Waals surface area contributed by atoms with E-state index >= 15 is 0 Å². The number of aromatic nitrogens is 2. The summed E-state index contributed by atoms with van der Waals surface area (Å²) in [4.78, 5) is 11.2. The van der Waals surface area contributed by atoms with Crippen LogP contribution in [0.1, 0.15) is 12.8 Å². The molecule has 0 aliphatic carbocycles. The zero-order chi connectivity index (χ0) is 13.1. The molecule has 1 aliphatic rings. The van der Waals surface area contributed by atoms with Crippen molar-refractivity contribution in [3.05, 3.63) is 30.9 Å². The third-order valence-corrected chi connectivity index (χ3v) is 3.69. The van der Waals surface area contributed by atoms with E-state index in [0.29, 0.717) is 5.92 Å². The molecule has 19 heavy (non-hydrogen) atoms. The predicted molar refractivity (Wildman–Crippen MR) is 73.7 cm³/mol. The molecule has 3 heterocycles. The predicted octanol–water partition coefficient (Wildman–Crippen LogP) is 1.91. The van der Waals surface area contributed by atoms with Gasteiger partial charge < -0.3 is 15.1 Å². The highest BCUT2D eigenvalue weighted by atomic mass is 16.3. The minimum Gasteiger partial charge on any atom is -0.472 e. The zero-order valence-electron chi connectivity index (χ0n) is 10.8. The molecular weight excluding hydrogens is 240 g/mol. The van der Waals surface area contributed by atoms with Gasteiger partial charge in [0.15, 0.2) is 0 Å². The summed E-state index contributed by atoms with van der Waals surface area (Å²) >= 11 is 0. The van der Waals surface area contributed by atoms with E-state index in [4.69, 9.17) is 10.2 Å². The zero-order valence-corrected chi connectivity index (χ0v) is 10.8.